The van der Waals surface area contributed by atoms with Gasteiger partial charge in [-0.15, -0.1) is 0 Å². The predicted molar refractivity (Wildman–Crippen MR) is 203 cm³/mol. The van der Waals surface area contributed by atoms with Gasteiger partial charge in [0.25, 0.3) is 0 Å². The van der Waals surface area contributed by atoms with E-state index in [0.717, 1.165) is 58.2 Å². The predicted octanol–water partition coefficient (Wildman–Crippen LogP) is 4.56. The van der Waals surface area contributed by atoms with Gasteiger partial charge in [-0.1, -0.05) is 12.1 Å². The second kappa shape index (κ2) is 25.1. The lowest BCUT2D eigenvalue weighted by atomic mass is 10.1. The minimum Gasteiger partial charge on any atom is -0.478 e. The summed E-state index contributed by atoms with van der Waals surface area (Å²) in [4.78, 5) is 69.5. The molecular formula is C32H40O12S6. The van der Waals surface area contributed by atoms with Crippen LogP contribution in [0.2, 0.25) is 0 Å². The van der Waals surface area contributed by atoms with Crippen LogP contribution in [0.1, 0.15) is 15.9 Å². The van der Waals surface area contributed by atoms with Crippen LogP contribution in [0, 0.1) is 0 Å². The Kier molecular flexibility index (Phi) is 21.3. The molecule has 50 heavy (non-hydrogen) atoms. The maximum atomic E-state index is 12.9. The lowest BCUT2D eigenvalue weighted by molar-refractivity contribution is -0.313. The molecule has 18 heteroatoms. The van der Waals surface area contributed by atoms with Crippen LogP contribution in [0.5, 0.6) is 0 Å². The maximum Gasteiger partial charge on any atom is 0.338 e. The van der Waals surface area contributed by atoms with Crippen LogP contribution >= 0.6 is 70.6 Å². The van der Waals surface area contributed by atoms with Crippen molar-refractivity contribution in [2.75, 3.05) is 70.7 Å². The number of hydrogen-bond acceptors (Lipinski definition) is 16. The van der Waals surface area contributed by atoms with E-state index in [2.05, 4.69) is 0 Å². The van der Waals surface area contributed by atoms with Gasteiger partial charge in [-0.25, -0.2) is 33.7 Å². The fraction of sp³-hybridized carbons (Fsp3) is 0.531. The average molecular weight is 809 g/mol. The topological polar surface area (TPSA) is 172 Å². The number of esters is 3. The summed E-state index contributed by atoms with van der Waals surface area (Å²) in [5, 5.41) is 18.6. The minimum atomic E-state index is -1.28. The summed E-state index contributed by atoms with van der Waals surface area (Å²) in [6.07, 6.45) is 1.59. The number of carboxylic acids is 2. The van der Waals surface area contributed by atoms with Crippen LogP contribution in [0.25, 0.3) is 0 Å². The lowest BCUT2D eigenvalue weighted by Crippen LogP contribution is -2.28. The summed E-state index contributed by atoms with van der Waals surface area (Å²) >= 11 is 10.9. The van der Waals surface area contributed by atoms with Crippen molar-refractivity contribution in [1.29, 1.82) is 0 Å². The van der Waals surface area contributed by atoms with E-state index in [1.165, 1.54) is 0 Å². The summed E-state index contributed by atoms with van der Waals surface area (Å²) in [6.45, 7) is -0.340. The number of aliphatic carboxylic acids is 2. The zero-order valence-corrected chi connectivity index (χ0v) is 31.9. The maximum absolute atomic E-state index is 12.9. The second-order valence-electron chi connectivity index (χ2n) is 10.5. The zero-order valence-electron chi connectivity index (χ0n) is 27.0. The summed E-state index contributed by atoms with van der Waals surface area (Å²) in [6, 6.07) is 6.51. The molecule has 0 bridgehead atoms. The van der Waals surface area contributed by atoms with E-state index in [-0.39, 0.29) is 25.4 Å². The molecule has 2 N–H and O–H groups in total. The SMILES string of the molecule is O=C(O)C=CC(=O)OC(COOCc1cccc(C(=O)OCC(CSCC2CSCCS2)OC(=O)C=CC(=O)O)c1)CSCC1CSCCS1. The Morgan fingerprint density at radius 1 is 0.760 bits per heavy atom. The average Bonchev–Trinajstić information content (AvgIpc) is 3.11. The summed E-state index contributed by atoms with van der Waals surface area (Å²) in [7, 11) is 0. The molecule has 4 unspecified atom stereocenters. The number of thioether (sulfide) groups is 6. The van der Waals surface area contributed by atoms with E-state index in [0.29, 0.717) is 39.7 Å². The Bertz CT molecular complexity index is 1300. The zero-order chi connectivity index (χ0) is 36.0. The molecule has 0 spiro atoms. The number of benzene rings is 1. The third-order valence-electron chi connectivity index (χ3n) is 6.40. The number of ether oxygens (including phenoxy) is 3. The Morgan fingerprint density at radius 3 is 1.84 bits per heavy atom. The third kappa shape index (κ3) is 19.1. The van der Waals surface area contributed by atoms with Gasteiger partial charge in [-0.2, -0.15) is 70.6 Å². The minimum absolute atomic E-state index is 0.0337. The molecule has 0 radical (unpaired) electrons. The molecule has 2 aliphatic heterocycles. The van der Waals surface area contributed by atoms with Gasteiger partial charge < -0.3 is 24.4 Å². The van der Waals surface area contributed by atoms with Gasteiger partial charge in [0, 0.05) is 92.3 Å². The lowest BCUT2D eigenvalue weighted by Gasteiger charge is -2.22. The fourth-order valence-electron chi connectivity index (χ4n) is 4.12. The first-order valence-electron chi connectivity index (χ1n) is 15.5. The smallest absolute Gasteiger partial charge is 0.338 e. The number of carbonyl (C=O) groups excluding carboxylic acids is 3. The summed E-state index contributed by atoms with van der Waals surface area (Å²) < 4.78 is 16.3. The van der Waals surface area contributed by atoms with Gasteiger partial charge in [0.15, 0.2) is 0 Å². The standard InChI is InChI=1S/C32H40O12S6/c33-28(34)4-6-30(37)43-24(16-47-20-26-18-45-8-10-49-26)14-40-32(39)23-3-1-2-22(12-23)13-41-42-15-25(44-31(38)7-5-29(35)36)17-48-21-27-19-46-9-11-50-27/h1-7,12,24-27H,8-11,13-21H2,(H,33,34)(H,35,36). The highest BCUT2D eigenvalue weighted by Gasteiger charge is 2.21. The summed E-state index contributed by atoms with van der Waals surface area (Å²) in [5.41, 5.74) is 0.830. The van der Waals surface area contributed by atoms with E-state index >= 15 is 0 Å². The fourth-order valence-corrected chi connectivity index (χ4v) is 12.5. The number of carboxylic acid groups (broad SMARTS) is 2. The van der Waals surface area contributed by atoms with E-state index in [1.54, 1.807) is 47.8 Å². The first-order chi connectivity index (χ1) is 24.2. The van der Waals surface area contributed by atoms with Gasteiger partial charge >= 0.3 is 29.8 Å². The Balaban J connectivity index is 1.48. The molecule has 4 atom stereocenters. The molecule has 2 aliphatic rings. The van der Waals surface area contributed by atoms with Crippen LogP contribution in [0.15, 0.2) is 48.6 Å². The second-order valence-corrected chi connectivity index (χ2v) is 17.8. The molecular weight excluding hydrogens is 769 g/mol. The van der Waals surface area contributed by atoms with Crippen LogP contribution in [-0.2, 0) is 49.8 Å². The summed E-state index contributed by atoms with van der Waals surface area (Å²) in [5.74, 6) is 4.26. The molecule has 0 aliphatic carbocycles. The molecule has 3 rings (SSSR count). The van der Waals surface area contributed by atoms with E-state index < -0.39 is 42.1 Å². The van der Waals surface area contributed by atoms with Gasteiger partial charge in [-0.3, -0.25) is 0 Å². The molecule has 2 heterocycles. The van der Waals surface area contributed by atoms with Gasteiger partial charge in [-0.05, 0) is 17.7 Å². The van der Waals surface area contributed by atoms with Crippen molar-refractivity contribution in [2.24, 2.45) is 0 Å². The van der Waals surface area contributed by atoms with E-state index in [4.69, 9.17) is 34.2 Å². The molecule has 12 nitrogen and oxygen atoms in total. The highest BCUT2D eigenvalue weighted by Crippen LogP contribution is 2.28. The van der Waals surface area contributed by atoms with Crippen molar-refractivity contribution < 1.29 is 58.2 Å². The van der Waals surface area contributed by atoms with Crippen molar-refractivity contribution in [3.8, 4) is 0 Å². The molecule has 0 aromatic heterocycles. The van der Waals surface area contributed by atoms with E-state index in [9.17, 15) is 24.0 Å². The largest absolute Gasteiger partial charge is 0.478 e. The van der Waals surface area contributed by atoms with E-state index in [1.807, 2.05) is 47.0 Å². The number of carbonyl (C=O) groups is 5. The molecule has 2 fully saturated rings. The first kappa shape index (κ1) is 42.5. The Morgan fingerprint density at radius 2 is 1.32 bits per heavy atom. The highest BCUT2D eigenvalue weighted by atomic mass is 32.2. The normalized spacial score (nSPS) is 19.1. The monoisotopic (exact) mass is 808 g/mol. The number of rotatable bonds is 22. The van der Waals surface area contributed by atoms with Crippen LogP contribution in [-0.4, -0.2) is 134 Å². The Labute approximate surface area is 316 Å². The van der Waals surface area contributed by atoms with Crippen molar-refractivity contribution >= 4 is 100 Å². The Hall–Kier alpha value is -1.93. The van der Waals surface area contributed by atoms with Gasteiger partial charge in [0.1, 0.15) is 32.0 Å². The highest BCUT2D eigenvalue weighted by molar-refractivity contribution is 8.08. The molecule has 2 saturated heterocycles. The van der Waals surface area contributed by atoms with Gasteiger partial charge in [0.2, 0.25) is 0 Å². The molecule has 1 aromatic rings. The third-order valence-corrected chi connectivity index (χ3v) is 15.0. The van der Waals surface area contributed by atoms with Crippen molar-refractivity contribution in [3.63, 3.8) is 0 Å². The van der Waals surface area contributed by atoms with Crippen molar-refractivity contribution in [1.82, 2.24) is 0 Å². The van der Waals surface area contributed by atoms with Gasteiger partial charge in [0.05, 0.1) is 5.56 Å². The molecule has 0 saturated carbocycles. The van der Waals surface area contributed by atoms with Crippen LogP contribution < -0.4 is 0 Å². The molecule has 276 valence electrons. The van der Waals surface area contributed by atoms with Crippen molar-refractivity contribution in [2.45, 2.75) is 29.3 Å². The first-order valence-corrected chi connectivity index (χ1v) is 22.2. The number of hydrogen-bond donors (Lipinski definition) is 2. The quantitative estimate of drug-likeness (QED) is 0.0417. The van der Waals surface area contributed by atoms with Crippen LogP contribution in [0.4, 0.5) is 0 Å². The molecule has 0 amide bonds. The van der Waals surface area contributed by atoms with Crippen LogP contribution in [0.3, 0.4) is 0 Å². The van der Waals surface area contributed by atoms with Crippen molar-refractivity contribution in [3.05, 3.63) is 59.7 Å². The molecule has 1 aromatic carbocycles.